The Bertz CT molecular complexity index is 437. The lowest BCUT2D eigenvalue weighted by atomic mass is 10.2. The topological polar surface area (TPSA) is 56.8 Å². The lowest BCUT2D eigenvalue weighted by Crippen LogP contribution is -2.18. The summed E-state index contributed by atoms with van der Waals surface area (Å²) in [7, 11) is 1.58. The lowest BCUT2D eigenvalue weighted by molar-refractivity contribution is 0.130. The molecule has 1 rings (SSSR count). The van der Waals surface area contributed by atoms with Gasteiger partial charge < -0.3 is 14.2 Å². The highest BCUT2D eigenvalue weighted by Gasteiger charge is 2.11. The molecule has 0 radical (unpaired) electrons. The third kappa shape index (κ3) is 5.69. The van der Waals surface area contributed by atoms with Crippen LogP contribution in [0.25, 0.3) is 0 Å². The minimum Gasteiger partial charge on any atom is -0.497 e. The van der Waals surface area contributed by atoms with E-state index in [0.717, 1.165) is 11.8 Å². The van der Waals surface area contributed by atoms with Crippen LogP contribution in [-0.4, -0.2) is 31.2 Å². The predicted octanol–water partition coefficient (Wildman–Crippen LogP) is 3.82. The Morgan fingerprint density at radius 2 is 2.15 bits per heavy atom. The Balaban J connectivity index is 2.79. The van der Waals surface area contributed by atoms with Crippen LogP contribution in [-0.2, 0) is 4.74 Å². The van der Waals surface area contributed by atoms with Crippen molar-refractivity contribution in [1.82, 2.24) is 0 Å². The van der Waals surface area contributed by atoms with Gasteiger partial charge in [-0.25, -0.2) is 4.79 Å². The number of carbonyl (C=O) groups excluding carboxylic acids is 1. The molecule has 0 saturated carbocycles. The number of methoxy groups -OCH3 is 1. The summed E-state index contributed by atoms with van der Waals surface area (Å²) in [5, 5.41) is 3.52. The molecule has 0 bridgehead atoms. The molecule has 0 aliphatic rings. The molecular weight excluding hydrogens is 326 g/mol. The first-order valence-electron chi connectivity index (χ1n) is 6.41. The van der Waals surface area contributed by atoms with E-state index in [1.807, 2.05) is 0 Å². The molecule has 6 heteroatoms. The summed E-state index contributed by atoms with van der Waals surface area (Å²) in [4.78, 5) is 11.6. The summed E-state index contributed by atoms with van der Waals surface area (Å²) in [6.45, 7) is 4.13. The highest BCUT2D eigenvalue weighted by molar-refractivity contribution is 9.09. The summed E-state index contributed by atoms with van der Waals surface area (Å²) in [5.74, 6) is 1.23. The van der Waals surface area contributed by atoms with Crippen LogP contribution in [0.5, 0.6) is 11.5 Å². The Morgan fingerprint density at radius 1 is 1.40 bits per heavy atom. The molecule has 0 unspecified atom stereocenters. The summed E-state index contributed by atoms with van der Waals surface area (Å²) < 4.78 is 15.8. The number of hydrogen-bond acceptors (Lipinski definition) is 4. The van der Waals surface area contributed by atoms with E-state index in [2.05, 4.69) is 21.2 Å². The van der Waals surface area contributed by atoms with E-state index >= 15 is 0 Å². The van der Waals surface area contributed by atoms with Crippen LogP contribution < -0.4 is 14.8 Å². The second-order valence-electron chi connectivity index (χ2n) is 4.33. The minimum atomic E-state index is -0.504. The monoisotopic (exact) mass is 345 g/mol. The van der Waals surface area contributed by atoms with Crippen molar-refractivity contribution in [2.75, 3.05) is 24.4 Å². The quantitative estimate of drug-likeness (QED) is 0.602. The Morgan fingerprint density at radius 3 is 2.75 bits per heavy atom. The number of benzene rings is 1. The van der Waals surface area contributed by atoms with Gasteiger partial charge in [-0.3, -0.25) is 5.32 Å². The zero-order valence-electron chi connectivity index (χ0n) is 11.9. The molecule has 1 aromatic carbocycles. The Hall–Kier alpha value is -1.43. The molecule has 0 aliphatic heterocycles. The van der Waals surface area contributed by atoms with Gasteiger partial charge in [0.1, 0.15) is 11.5 Å². The largest absolute Gasteiger partial charge is 0.497 e. The van der Waals surface area contributed by atoms with Crippen LogP contribution in [0, 0.1) is 0 Å². The zero-order valence-corrected chi connectivity index (χ0v) is 13.5. The Kier molecular flexibility index (Phi) is 7.22. The van der Waals surface area contributed by atoms with E-state index in [-0.39, 0.29) is 6.10 Å². The zero-order chi connectivity index (χ0) is 15.0. The van der Waals surface area contributed by atoms with Crippen LogP contribution >= 0.6 is 15.9 Å². The number of nitrogens with one attached hydrogen (secondary N) is 1. The standard InChI is InChI=1S/C14H20BrNO4/c1-10(2)20-14(17)16-12-6-5-11(18-3)9-13(12)19-8-4-7-15/h5-6,9-10H,4,7-8H2,1-3H3,(H,16,17). The number of ether oxygens (including phenoxy) is 3. The number of alkyl halides is 1. The van der Waals surface area contributed by atoms with Crippen molar-refractivity contribution in [2.45, 2.75) is 26.4 Å². The van der Waals surface area contributed by atoms with Crippen LogP contribution in [0.1, 0.15) is 20.3 Å². The molecule has 0 aromatic heterocycles. The van der Waals surface area contributed by atoms with Crippen molar-refractivity contribution in [1.29, 1.82) is 0 Å². The van der Waals surface area contributed by atoms with Crippen molar-refractivity contribution >= 4 is 27.7 Å². The number of carbonyl (C=O) groups is 1. The number of rotatable bonds is 7. The molecule has 0 spiro atoms. The number of halogens is 1. The molecule has 1 N–H and O–H groups in total. The fraction of sp³-hybridized carbons (Fsp3) is 0.500. The average Bonchev–Trinajstić information content (AvgIpc) is 2.39. The summed E-state index contributed by atoms with van der Waals surface area (Å²) in [6.07, 6.45) is 0.189. The van der Waals surface area contributed by atoms with Gasteiger partial charge in [0.05, 0.1) is 25.5 Å². The van der Waals surface area contributed by atoms with Crippen molar-refractivity contribution in [2.24, 2.45) is 0 Å². The van der Waals surface area contributed by atoms with E-state index in [0.29, 0.717) is 23.8 Å². The van der Waals surface area contributed by atoms with Gasteiger partial charge in [-0.1, -0.05) is 15.9 Å². The van der Waals surface area contributed by atoms with Crippen LogP contribution in [0.4, 0.5) is 10.5 Å². The van der Waals surface area contributed by atoms with Gasteiger partial charge >= 0.3 is 6.09 Å². The van der Waals surface area contributed by atoms with Crippen molar-refractivity contribution < 1.29 is 19.0 Å². The maximum absolute atomic E-state index is 11.6. The maximum atomic E-state index is 11.6. The normalized spacial score (nSPS) is 10.2. The van der Waals surface area contributed by atoms with Crippen molar-refractivity contribution in [3.05, 3.63) is 18.2 Å². The van der Waals surface area contributed by atoms with Crippen LogP contribution in [0.2, 0.25) is 0 Å². The second-order valence-corrected chi connectivity index (χ2v) is 5.13. The van der Waals surface area contributed by atoms with E-state index in [9.17, 15) is 4.79 Å². The first-order valence-corrected chi connectivity index (χ1v) is 7.53. The molecule has 1 amide bonds. The van der Waals surface area contributed by atoms with E-state index < -0.39 is 6.09 Å². The third-order valence-corrected chi connectivity index (χ3v) is 2.86. The highest BCUT2D eigenvalue weighted by Crippen LogP contribution is 2.29. The van der Waals surface area contributed by atoms with Crippen LogP contribution in [0.3, 0.4) is 0 Å². The molecule has 0 heterocycles. The van der Waals surface area contributed by atoms with Gasteiger partial charge in [0.15, 0.2) is 0 Å². The predicted molar refractivity (Wildman–Crippen MR) is 82.1 cm³/mol. The number of amides is 1. The molecule has 0 saturated heterocycles. The van der Waals surface area contributed by atoms with Gasteiger partial charge in [0.25, 0.3) is 0 Å². The van der Waals surface area contributed by atoms with Gasteiger partial charge in [-0.15, -0.1) is 0 Å². The van der Waals surface area contributed by atoms with E-state index in [1.54, 1.807) is 39.2 Å². The van der Waals surface area contributed by atoms with Gasteiger partial charge in [-0.05, 0) is 32.4 Å². The third-order valence-electron chi connectivity index (χ3n) is 2.30. The summed E-state index contributed by atoms with van der Waals surface area (Å²) in [5.41, 5.74) is 0.561. The van der Waals surface area contributed by atoms with Crippen molar-refractivity contribution in [3.8, 4) is 11.5 Å². The second kappa shape index (κ2) is 8.68. The first kappa shape index (κ1) is 16.6. The minimum absolute atomic E-state index is 0.175. The highest BCUT2D eigenvalue weighted by atomic mass is 79.9. The summed E-state index contributed by atoms with van der Waals surface area (Å²) >= 11 is 3.34. The molecule has 1 aromatic rings. The molecule has 5 nitrogen and oxygen atoms in total. The smallest absolute Gasteiger partial charge is 0.411 e. The molecule has 0 atom stereocenters. The van der Waals surface area contributed by atoms with Crippen LogP contribution in [0.15, 0.2) is 18.2 Å². The fourth-order valence-electron chi connectivity index (χ4n) is 1.44. The van der Waals surface area contributed by atoms with E-state index in [1.165, 1.54) is 0 Å². The number of hydrogen-bond donors (Lipinski definition) is 1. The molecular formula is C14H20BrNO4. The summed E-state index contributed by atoms with van der Waals surface area (Å²) in [6, 6.07) is 5.21. The molecule has 112 valence electrons. The number of anilines is 1. The molecule has 0 aliphatic carbocycles. The maximum Gasteiger partial charge on any atom is 0.411 e. The SMILES string of the molecule is COc1ccc(NC(=O)OC(C)C)c(OCCCBr)c1. The lowest BCUT2D eigenvalue weighted by Gasteiger charge is -2.14. The van der Waals surface area contributed by atoms with Gasteiger partial charge in [0, 0.05) is 11.4 Å². The van der Waals surface area contributed by atoms with Gasteiger partial charge in [-0.2, -0.15) is 0 Å². The average molecular weight is 346 g/mol. The first-order chi connectivity index (χ1) is 9.56. The van der Waals surface area contributed by atoms with Gasteiger partial charge in [0.2, 0.25) is 0 Å². The fourth-order valence-corrected chi connectivity index (χ4v) is 1.67. The van der Waals surface area contributed by atoms with E-state index in [4.69, 9.17) is 14.2 Å². The molecule has 20 heavy (non-hydrogen) atoms. The molecule has 0 fully saturated rings. The van der Waals surface area contributed by atoms with Crippen molar-refractivity contribution in [3.63, 3.8) is 0 Å². The Labute approximate surface area is 127 Å².